The van der Waals surface area contributed by atoms with E-state index < -0.39 is 11.7 Å². The Hall–Kier alpha value is -2.37. The molecule has 2 aromatic rings. The molecule has 3 N–H and O–H groups in total. The first-order chi connectivity index (χ1) is 9.40. The summed E-state index contributed by atoms with van der Waals surface area (Å²) in [6.45, 7) is 3.74. The lowest BCUT2D eigenvalue weighted by atomic mass is 10.1. The van der Waals surface area contributed by atoms with Gasteiger partial charge in [-0.25, -0.2) is 4.39 Å². The summed E-state index contributed by atoms with van der Waals surface area (Å²) >= 11 is 0. The maximum Gasteiger partial charge on any atom is 0.254 e. The van der Waals surface area contributed by atoms with Gasteiger partial charge in [0.05, 0.1) is 17.8 Å². The molecule has 1 heterocycles. The zero-order chi connectivity index (χ0) is 14.9. The summed E-state index contributed by atoms with van der Waals surface area (Å²) in [6, 6.07) is 3.75. The molecule has 1 atom stereocenters. The van der Waals surface area contributed by atoms with Gasteiger partial charge in [0, 0.05) is 24.0 Å². The molecule has 0 aliphatic rings. The van der Waals surface area contributed by atoms with Gasteiger partial charge in [-0.3, -0.25) is 9.48 Å². The fraction of sp³-hybridized carbons (Fsp3) is 0.286. The van der Waals surface area contributed by atoms with Crippen LogP contribution in [0.5, 0.6) is 0 Å². The van der Waals surface area contributed by atoms with Crippen LogP contribution in [0.2, 0.25) is 0 Å². The number of nitrogen functional groups attached to an aromatic ring is 1. The van der Waals surface area contributed by atoms with Gasteiger partial charge in [-0.1, -0.05) is 0 Å². The Balaban J connectivity index is 2.17. The molecule has 0 saturated carbocycles. The summed E-state index contributed by atoms with van der Waals surface area (Å²) in [4.78, 5) is 12.1. The SMILES string of the molecule is Cc1c(C(C)NC(=O)c2ccc(N)cc2F)cnn1C. The summed E-state index contributed by atoms with van der Waals surface area (Å²) in [5, 5.41) is 6.88. The van der Waals surface area contributed by atoms with Crippen molar-refractivity contribution in [2.75, 3.05) is 5.73 Å². The van der Waals surface area contributed by atoms with Gasteiger partial charge in [0.1, 0.15) is 5.82 Å². The quantitative estimate of drug-likeness (QED) is 0.841. The molecule has 106 valence electrons. The highest BCUT2D eigenvalue weighted by Crippen LogP contribution is 2.18. The number of halogens is 1. The van der Waals surface area contributed by atoms with E-state index in [9.17, 15) is 9.18 Å². The van der Waals surface area contributed by atoms with E-state index in [-0.39, 0.29) is 17.3 Å². The zero-order valence-electron chi connectivity index (χ0n) is 11.6. The van der Waals surface area contributed by atoms with E-state index in [2.05, 4.69) is 10.4 Å². The van der Waals surface area contributed by atoms with Crippen LogP contribution in [0.4, 0.5) is 10.1 Å². The smallest absolute Gasteiger partial charge is 0.254 e. The molecule has 0 saturated heterocycles. The van der Waals surface area contributed by atoms with Crippen LogP contribution in [-0.2, 0) is 7.05 Å². The molecule has 0 aliphatic heterocycles. The summed E-state index contributed by atoms with van der Waals surface area (Å²) in [5.41, 5.74) is 7.58. The third-order valence-electron chi connectivity index (χ3n) is 3.33. The number of nitrogens with zero attached hydrogens (tertiary/aromatic N) is 2. The fourth-order valence-corrected chi connectivity index (χ4v) is 2.01. The van der Waals surface area contributed by atoms with Crippen LogP contribution in [0.15, 0.2) is 24.4 Å². The first kappa shape index (κ1) is 14.0. The molecule has 2 rings (SSSR count). The Bertz CT molecular complexity index is 651. The lowest BCUT2D eigenvalue weighted by Gasteiger charge is -2.14. The van der Waals surface area contributed by atoms with E-state index >= 15 is 0 Å². The van der Waals surface area contributed by atoms with Crippen LogP contribution in [0.3, 0.4) is 0 Å². The number of nitrogens with one attached hydrogen (secondary N) is 1. The van der Waals surface area contributed by atoms with Gasteiger partial charge in [0.2, 0.25) is 0 Å². The number of hydrogen-bond donors (Lipinski definition) is 2. The second-order valence-corrected chi connectivity index (χ2v) is 4.74. The summed E-state index contributed by atoms with van der Waals surface area (Å²) < 4.78 is 15.4. The summed E-state index contributed by atoms with van der Waals surface area (Å²) in [6.07, 6.45) is 1.69. The minimum atomic E-state index is -0.627. The molecule has 1 aromatic heterocycles. The van der Waals surface area contributed by atoms with Crippen molar-refractivity contribution in [1.82, 2.24) is 15.1 Å². The Morgan fingerprint density at radius 3 is 2.75 bits per heavy atom. The molecule has 20 heavy (non-hydrogen) atoms. The second kappa shape index (κ2) is 5.32. The highest BCUT2D eigenvalue weighted by atomic mass is 19.1. The molecule has 1 unspecified atom stereocenters. The Morgan fingerprint density at radius 1 is 1.50 bits per heavy atom. The Labute approximate surface area is 116 Å². The third-order valence-corrected chi connectivity index (χ3v) is 3.33. The van der Waals surface area contributed by atoms with E-state index in [0.717, 1.165) is 17.3 Å². The molecule has 0 fully saturated rings. The molecule has 1 aromatic carbocycles. The number of carbonyl (C=O) groups is 1. The standard InChI is InChI=1S/C14H17FN4O/c1-8(12-7-17-19(3)9(12)2)18-14(20)11-5-4-10(16)6-13(11)15/h4-8H,16H2,1-3H3,(H,18,20). The average Bonchev–Trinajstić information content (AvgIpc) is 2.69. The Morgan fingerprint density at radius 2 is 2.20 bits per heavy atom. The average molecular weight is 276 g/mol. The van der Waals surface area contributed by atoms with Crippen molar-refractivity contribution >= 4 is 11.6 Å². The van der Waals surface area contributed by atoms with Crippen LogP contribution in [0.1, 0.15) is 34.6 Å². The lowest BCUT2D eigenvalue weighted by Crippen LogP contribution is -2.27. The minimum absolute atomic E-state index is 0.0207. The number of carbonyl (C=O) groups excluding carboxylic acids is 1. The molecule has 5 nitrogen and oxygen atoms in total. The third kappa shape index (κ3) is 2.64. The van der Waals surface area contributed by atoms with Crippen molar-refractivity contribution in [2.45, 2.75) is 19.9 Å². The lowest BCUT2D eigenvalue weighted by molar-refractivity contribution is 0.0936. The van der Waals surface area contributed by atoms with Gasteiger partial charge >= 0.3 is 0 Å². The monoisotopic (exact) mass is 276 g/mol. The predicted molar refractivity (Wildman–Crippen MR) is 74.6 cm³/mol. The van der Waals surface area contributed by atoms with Gasteiger partial charge in [-0.2, -0.15) is 5.10 Å². The minimum Gasteiger partial charge on any atom is -0.399 e. The number of amides is 1. The molecular formula is C14H17FN4O. The van der Waals surface area contributed by atoms with Crippen molar-refractivity contribution < 1.29 is 9.18 Å². The number of aromatic nitrogens is 2. The van der Waals surface area contributed by atoms with Crippen molar-refractivity contribution in [2.24, 2.45) is 7.05 Å². The van der Waals surface area contributed by atoms with E-state index in [1.807, 2.05) is 20.9 Å². The van der Waals surface area contributed by atoms with Gasteiger partial charge < -0.3 is 11.1 Å². The molecule has 0 spiro atoms. The van der Waals surface area contributed by atoms with Crippen molar-refractivity contribution in [3.63, 3.8) is 0 Å². The Kier molecular flexibility index (Phi) is 3.74. The first-order valence-corrected chi connectivity index (χ1v) is 6.24. The normalized spacial score (nSPS) is 12.2. The zero-order valence-corrected chi connectivity index (χ0v) is 11.6. The summed E-state index contributed by atoms with van der Waals surface area (Å²) in [5.74, 6) is -1.10. The number of hydrogen-bond acceptors (Lipinski definition) is 3. The number of rotatable bonds is 3. The number of nitrogens with two attached hydrogens (primary N) is 1. The van der Waals surface area contributed by atoms with Gasteiger partial charge in [-0.05, 0) is 32.0 Å². The van der Waals surface area contributed by atoms with E-state index in [4.69, 9.17) is 5.73 Å². The molecule has 0 radical (unpaired) electrons. The van der Waals surface area contributed by atoms with Gasteiger partial charge in [0.25, 0.3) is 5.91 Å². The second-order valence-electron chi connectivity index (χ2n) is 4.74. The molecule has 6 heteroatoms. The molecule has 1 amide bonds. The van der Waals surface area contributed by atoms with Crippen LogP contribution < -0.4 is 11.1 Å². The molecule has 0 bridgehead atoms. The van der Waals surface area contributed by atoms with Crippen molar-refractivity contribution in [1.29, 1.82) is 0 Å². The largest absolute Gasteiger partial charge is 0.399 e. The maximum atomic E-state index is 13.7. The highest BCUT2D eigenvalue weighted by Gasteiger charge is 2.17. The first-order valence-electron chi connectivity index (χ1n) is 6.24. The highest BCUT2D eigenvalue weighted by molar-refractivity contribution is 5.95. The van der Waals surface area contributed by atoms with E-state index in [0.29, 0.717) is 0 Å². The van der Waals surface area contributed by atoms with Crippen molar-refractivity contribution in [3.8, 4) is 0 Å². The van der Waals surface area contributed by atoms with Gasteiger partial charge in [-0.15, -0.1) is 0 Å². The predicted octanol–water partition coefficient (Wildman–Crippen LogP) is 1.94. The number of benzene rings is 1. The van der Waals surface area contributed by atoms with E-state index in [1.165, 1.54) is 12.1 Å². The van der Waals surface area contributed by atoms with Crippen LogP contribution in [-0.4, -0.2) is 15.7 Å². The molecular weight excluding hydrogens is 259 g/mol. The maximum absolute atomic E-state index is 13.7. The topological polar surface area (TPSA) is 72.9 Å². The van der Waals surface area contributed by atoms with Crippen LogP contribution >= 0.6 is 0 Å². The molecule has 0 aliphatic carbocycles. The number of anilines is 1. The van der Waals surface area contributed by atoms with Crippen LogP contribution in [0.25, 0.3) is 0 Å². The van der Waals surface area contributed by atoms with E-state index in [1.54, 1.807) is 10.9 Å². The van der Waals surface area contributed by atoms with Crippen molar-refractivity contribution in [3.05, 3.63) is 47.0 Å². The van der Waals surface area contributed by atoms with Crippen LogP contribution in [0, 0.1) is 12.7 Å². The fourth-order valence-electron chi connectivity index (χ4n) is 2.01. The summed E-state index contributed by atoms with van der Waals surface area (Å²) in [7, 11) is 1.83. The van der Waals surface area contributed by atoms with Gasteiger partial charge in [0.15, 0.2) is 0 Å². The number of aryl methyl sites for hydroxylation is 1.